The number of carbonyl (C=O) groups is 2. The van der Waals surface area contributed by atoms with E-state index < -0.39 is 160 Å². The van der Waals surface area contributed by atoms with Crippen LogP contribution in [0.2, 0.25) is 0 Å². The Labute approximate surface area is 408 Å². The van der Waals surface area contributed by atoms with E-state index in [1.807, 2.05) is 0 Å². The van der Waals surface area contributed by atoms with Crippen LogP contribution < -0.4 is 21.6 Å². The number of nitrogens with one attached hydrogen (secondary N) is 1. The van der Waals surface area contributed by atoms with Crippen molar-refractivity contribution in [1.82, 2.24) is 39.0 Å². The van der Waals surface area contributed by atoms with E-state index in [0.29, 0.717) is 4.57 Å². The molecule has 0 bridgehead atoms. The molecule has 3 saturated heterocycles. The number of rotatable bonds is 18. The summed E-state index contributed by atoms with van der Waals surface area (Å²) >= 11 is 0. The number of aromatic amines is 1. The zero-order valence-electron chi connectivity index (χ0n) is 36.9. The summed E-state index contributed by atoms with van der Waals surface area (Å²) in [6.45, 7) is -4.19. The molecule has 1 amide bonds. The van der Waals surface area contributed by atoms with Crippen molar-refractivity contribution in [1.29, 1.82) is 0 Å². The van der Waals surface area contributed by atoms with Crippen LogP contribution in [0.25, 0.3) is 22.3 Å². The second-order valence-electron chi connectivity index (χ2n) is 16.3. The Hall–Kier alpha value is -4.59. The second kappa shape index (κ2) is 20.4. The average Bonchev–Trinajstić information content (AvgIpc) is 4.08. The van der Waals surface area contributed by atoms with Crippen LogP contribution in [0.4, 0.5) is 24.9 Å². The number of ketones is 1. The summed E-state index contributed by atoms with van der Waals surface area (Å²) in [5.74, 6) is -5.29. The van der Waals surface area contributed by atoms with E-state index in [1.165, 1.54) is 17.9 Å². The van der Waals surface area contributed by atoms with Crippen molar-refractivity contribution >= 4 is 77.1 Å². The van der Waals surface area contributed by atoms with E-state index in [2.05, 4.69) is 42.6 Å². The molecule has 0 spiro atoms. The Morgan fingerprint density at radius 1 is 0.811 bits per heavy atom. The number of hydrogen-bond donors (Lipinski definition) is 11. The SMILES string of the molecule is Cn1c[n+]([C@@H]2O[C@H](COP(=O)(O)OP(=O)(O)OP(=O)(O)OC[C@H]3O[C@@H](n4cnc5c(N)ncnc54)[C@@H](C(F)(F)F)C3OP(=O)(O)OC[C@H]3O[C@@H](N4C=CC(=O)CC4=O)[C@@H](O)C3O)[C@H](O)C2O)c2nc(N)[nH]c(=O)c21. The van der Waals surface area contributed by atoms with Gasteiger partial charge in [0.25, 0.3) is 11.5 Å². The predicted octanol–water partition coefficient (Wildman–Crippen LogP) is -3.12. The molecule has 42 heteroatoms. The highest BCUT2D eigenvalue weighted by Crippen LogP contribution is 2.68. The minimum atomic E-state index is -6.37. The highest BCUT2D eigenvalue weighted by molar-refractivity contribution is 7.66. The van der Waals surface area contributed by atoms with Gasteiger partial charge in [-0.3, -0.25) is 51.5 Å². The third-order valence-electron chi connectivity index (χ3n) is 11.3. The van der Waals surface area contributed by atoms with Crippen LogP contribution in [0.3, 0.4) is 0 Å². The van der Waals surface area contributed by atoms with Gasteiger partial charge >= 0.3 is 43.1 Å². The van der Waals surface area contributed by atoms with E-state index in [9.17, 15) is 72.6 Å². The number of anilines is 2. The number of aryl methyl sites for hydroxylation is 1. The third-order valence-corrected chi connectivity index (χ3v) is 16.5. The number of halogens is 3. The lowest BCUT2D eigenvalue weighted by molar-refractivity contribution is -0.745. The number of aromatic nitrogens is 8. The fourth-order valence-electron chi connectivity index (χ4n) is 8.08. The molecule has 13 N–H and O–H groups in total. The molecule has 7 unspecified atom stereocenters. The number of alkyl halides is 3. The number of aliphatic hydroxyl groups excluding tert-OH is 4. The van der Waals surface area contributed by atoms with Crippen molar-refractivity contribution < 1.29 is 127 Å². The Morgan fingerprint density at radius 2 is 1.41 bits per heavy atom. The molecule has 4 aliphatic rings. The number of nitrogens with two attached hydrogens (primary N) is 2. The lowest BCUT2D eigenvalue weighted by atomic mass is 9.99. The number of allylic oxidation sites excluding steroid dienone is 1. The monoisotopic (exact) mass is 1140 g/mol. The van der Waals surface area contributed by atoms with Gasteiger partial charge in [0.1, 0.15) is 66.6 Å². The van der Waals surface area contributed by atoms with Gasteiger partial charge in [-0.05, 0) is 6.08 Å². The molecule has 0 saturated carbocycles. The van der Waals surface area contributed by atoms with Gasteiger partial charge in [0.2, 0.25) is 17.7 Å². The van der Waals surface area contributed by atoms with Crippen LogP contribution in [-0.2, 0) is 75.8 Å². The van der Waals surface area contributed by atoms with Crippen molar-refractivity contribution in [3.63, 3.8) is 0 Å². The Bertz CT molecular complexity index is 3130. The lowest BCUT2D eigenvalue weighted by Gasteiger charge is -2.29. The average molecular weight is 1140 g/mol. The Kier molecular flexibility index (Phi) is 15.3. The van der Waals surface area contributed by atoms with Gasteiger partial charge in [-0.1, -0.05) is 4.98 Å². The van der Waals surface area contributed by atoms with Crippen molar-refractivity contribution in [3.8, 4) is 0 Å². The molecule has 35 nitrogen and oxygen atoms in total. The second-order valence-corrected chi connectivity index (χ2v) is 22.4. The number of nitrogens with zero attached hydrogens (tertiary/aromatic N) is 8. The maximum atomic E-state index is 15.1. The quantitative estimate of drug-likeness (QED) is 0.0267. The summed E-state index contributed by atoms with van der Waals surface area (Å²) in [7, 11) is -23.1. The first kappa shape index (κ1) is 55.6. The molecule has 16 atom stereocenters. The molecule has 0 radical (unpaired) electrons. The predicted molar refractivity (Wildman–Crippen MR) is 226 cm³/mol. The molecule has 74 heavy (non-hydrogen) atoms. The molecular weight excluding hydrogens is 1100 g/mol. The van der Waals surface area contributed by atoms with Crippen LogP contribution in [0.15, 0.2) is 36.1 Å². The number of nitrogen functional groups attached to an aromatic ring is 2. The molecule has 0 aromatic carbocycles. The van der Waals surface area contributed by atoms with Crippen molar-refractivity contribution in [2.75, 3.05) is 31.3 Å². The van der Waals surface area contributed by atoms with Gasteiger partial charge in [0.15, 0.2) is 36.0 Å². The number of ether oxygens (including phenoxy) is 3. The zero-order chi connectivity index (χ0) is 54.2. The molecular formula is C32H41F3N11O24P4+. The molecule has 0 aliphatic carbocycles. The lowest BCUT2D eigenvalue weighted by Crippen LogP contribution is -2.46. The number of phosphoric ester groups is 3. The topological polar surface area (TPSA) is 501 Å². The summed E-state index contributed by atoms with van der Waals surface area (Å²) in [5, 5.41) is 42.5. The summed E-state index contributed by atoms with van der Waals surface area (Å²) < 4.78 is 144. The van der Waals surface area contributed by atoms with Crippen molar-refractivity contribution in [2.24, 2.45) is 13.0 Å². The zero-order valence-corrected chi connectivity index (χ0v) is 40.5. The summed E-state index contributed by atoms with van der Waals surface area (Å²) in [6.07, 6.45) is -23.9. The van der Waals surface area contributed by atoms with Gasteiger partial charge in [-0.25, -0.2) is 37.8 Å². The summed E-state index contributed by atoms with van der Waals surface area (Å²) in [6, 6.07) is 0. The van der Waals surface area contributed by atoms with Gasteiger partial charge in [0.05, 0.1) is 39.6 Å². The van der Waals surface area contributed by atoms with Crippen LogP contribution in [0, 0.1) is 5.92 Å². The first-order chi connectivity index (χ1) is 34.4. The fourth-order valence-corrected chi connectivity index (χ4v) is 12.6. The van der Waals surface area contributed by atoms with E-state index >= 15 is 13.2 Å². The summed E-state index contributed by atoms with van der Waals surface area (Å²) in [4.78, 5) is 96.5. The first-order valence-corrected chi connectivity index (χ1v) is 26.7. The van der Waals surface area contributed by atoms with E-state index in [0.717, 1.165) is 34.4 Å². The molecule has 3 fully saturated rings. The van der Waals surface area contributed by atoms with Gasteiger partial charge < -0.3 is 65.7 Å². The molecule has 8 heterocycles. The van der Waals surface area contributed by atoms with Crippen LogP contribution in [0.1, 0.15) is 18.9 Å². The largest absolute Gasteiger partial charge is 0.490 e. The maximum Gasteiger partial charge on any atom is 0.490 e. The fraction of sp³-hybridized carbons (Fsp3) is 0.562. The number of imidazole rings is 2. The van der Waals surface area contributed by atoms with Crippen molar-refractivity contribution in [3.05, 3.63) is 41.6 Å². The van der Waals surface area contributed by atoms with E-state index in [4.69, 9.17) is 34.7 Å². The first-order valence-electron chi connectivity index (χ1n) is 20.7. The van der Waals surface area contributed by atoms with E-state index in [-0.39, 0.29) is 28.4 Å². The number of fused-ring (bicyclic) bond motifs is 2. The Morgan fingerprint density at radius 3 is 2.04 bits per heavy atom. The van der Waals surface area contributed by atoms with Gasteiger partial charge in [0, 0.05) is 6.20 Å². The number of carbonyl (C=O) groups excluding carboxylic acids is 2. The highest BCUT2D eigenvalue weighted by Gasteiger charge is 2.62. The molecule has 8 rings (SSSR count). The number of amides is 1. The van der Waals surface area contributed by atoms with Gasteiger partial charge in [-0.15, -0.1) is 0 Å². The Balaban J connectivity index is 0.951. The maximum absolute atomic E-state index is 15.1. The number of hydrogen-bond acceptors (Lipinski definition) is 26. The van der Waals surface area contributed by atoms with Crippen molar-refractivity contribution in [2.45, 2.75) is 80.1 Å². The smallest absolute Gasteiger partial charge is 0.387 e. The molecule has 4 aromatic heterocycles. The minimum absolute atomic E-state index is 0.0647. The minimum Gasteiger partial charge on any atom is -0.387 e. The summed E-state index contributed by atoms with van der Waals surface area (Å²) in [5.41, 5.74) is 9.78. The van der Waals surface area contributed by atoms with Gasteiger partial charge in [-0.2, -0.15) is 21.8 Å². The molecule has 408 valence electrons. The standard InChI is InChI=1S/C32H40F3N11O24P4/c1-43-10-46(26-18(43)27(53)42-31(37)41-26)30-22(52)20(50)13(66-30)6-63-72(56,57)69-74(60,61)70-73(58,59)64-7-14-23(16(32(33,34)35)28(67-14)45-9-40-17-24(36)38-8-39-25(17)45)68-71(54,55)62-5-12-19(49)21(51)29(65-12)44-3-2-11(47)4-15(44)48/h2-3,8-10,12-14,16,19-23,28-30,49-52H,4-7H2,1H3,(H8-,36,37,38,39,41,42,53,54,55,56,57,58,59,60,61)/p+1/t12-,13-,14-,16+,19?,20+,21+,22?,23?,28-,29-,30-/m1/s1. The molecule has 4 aliphatic heterocycles. The number of aliphatic hydroxyl groups is 4. The van der Waals surface area contributed by atoms with Crippen LogP contribution in [-0.4, -0.2) is 172 Å². The van der Waals surface area contributed by atoms with Crippen LogP contribution in [0.5, 0.6) is 0 Å². The normalized spacial score (nSPS) is 32.0. The van der Waals surface area contributed by atoms with Crippen LogP contribution >= 0.6 is 31.3 Å². The third kappa shape index (κ3) is 11.6. The number of phosphoric acid groups is 4. The van der Waals surface area contributed by atoms with E-state index in [1.54, 1.807) is 0 Å². The molecule has 4 aromatic rings. The highest BCUT2D eigenvalue weighted by atomic mass is 31.3. The number of H-pyrrole nitrogens is 1.